The fraction of sp³-hybridized carbons (Fsp3) is 0.0526. The van der Waals surface area contributed by atoms with E-state index in [0.717, 1.165) is 0 Å². The molecule has 0 heterocycles. The topological polar surface area (TPSA) is 149 Å². The molecule has 0 fully saturated rings. The number of halogens is 6. The molecule has 0 saturated carbocycles. The first kappa shape index (κ1) is 28.6. The fourth-order valence-corrected chi connectivity index (χ4v) is 1.82. The number of hydrogen-bond acceptors (Lipinski definition) is 4. The van der Waals surface area contributed by atoms with E-state index in [1.54, 1.807) is 0 Å². The van der Waals surface area contributed by atoms with E-state index in [4.69, 9.17) is 20.4 Å². The lowest BCUT2D eigenvalue weighted by atomic mass is 10.1. The fourth-order valence-electron chi connectivity index (χ4n) is 1.82. The van der Waals surface area contributed by atoms with Gasteiger partial charge in [0.05, 0.1) is 22.3 Å². The van der Waals surface area contributed by atoms with Crippen molar-refractivity contribution in [1.29, 1.82) is 0 Å². The highest BCUT2D eigenvalue weighted by molar-refractivity contribution is 6.02. The molecular weight excluding hydrogens is 470 g/mol. The summed E-state index contributed by atoms with van der Waals surface area (Å²) in [5, 5.41) is 34.2. The first-order chi connectivity index (χ1) is 15.1. The van der Waals surface area contributed by atoms with Crippen LogP contribution in [0.25, 0.3) is 0 Å². The summed E-state index contributed by atoms with van der Waals surface area (Å²) in [6.07, 6.45) is -8.90. The van der Waals surface area contributed by atoms with Gasteiger partial charge in [-0.2, -0.15) is 26.3 Å². The third kappa shape index (κ3) is 9.54. The van der Waals surface area contributed by atoms with Gasteiger partial charge in [0.25, 0.3) is 5.83 Å². The van der Waals surface area contributed by atoms with Crippen molar-refractivity contribution < 1.29 is 65.9 Å². The van der Waals surface area contributed by atoms with Crippen molar-refractivity contribution in [3.05, 3.63) is 82.7 Å². The summed E-state index contributed by atoms with van der Waals surface area (Å²) in [6, 6.07) is 11.0. The van der Waals surface area contributed by atoms with Crippen molar-refractivity contribution in [1.82, 2.24) is 0 Å². The summed E-state index contributed by atoms with van der Waals surface area (Å²) in [5.41, 5.74) is -0.759. The van der Waals surface area contributed by atoms with Gasteiger partial charge in [-0.05, 0) is 24.3 Å². The van der Waals surface area contributed by atoms with E-state index in [1.807, 2.05) is 0 Å². The van der Waals surface area contributed by atoms with Gasteiger partial charge in [0, 0.05) is 0 Å². The standard InChI is InChI=1S/2C8H6O4.C3F6/c2*9-7(10)5-3-1-2-4-6(5)8(11)12;4-1(2(5)6)3(7,8)9/h2*1-4H,(H,9,10)(H,11,12);. The number of allylic oxidation sites excluding steroid dienone is 1. The second kappa shape index (κ2) is 12.5. The molecule has 8 nitrogen and oxygen atoms in total. The zero-order chi connectivity index (χ0) is 25.9. The van der Waals surface area contributed by atoms with Gasteiger partial charge in [0.15, 0.2) is 0 Å². The van der Waals surface area contributed by atoms with E-state index in [-0.39, 0.29) is 22.3 Å². The Kier molecular flexibility index (Phi) is 10.8. The zero-order valence-corrected chi connectivity index (χ0v) is 15.8. The third-order valence-corrected chi connectivity index (χ3v) is 3.19. The van der Waals surface area contributed by atoms with Gasteiger partial charge in [-0.25, -0.2) is 19.2 Å². The van der Waals surface area contributed by atoms with Crippen molar-refractivity contribution in [2.75, 3.05) is 0 Å². The minimum Gasteiger partial charge on any atom is -0.478 e. The summed E-state index contributed by atoms with van der Waals surface area (Å²) >= 11 is 0. The monoisotopic (exact) mass is 482 g/mol. The largest absolute Gasteiger partial charge is 0.478 e. The molecule has 0 aliphatic carbocycles. The Labute approximate surface area is 179 Å². The van der Waals surface area contributed by atoms with Crippen LogP contribution in [0.2, 0.25) is 0 Å². The molecule has 0 aliphatic heterocycles. The van der Waals surface area contributed by atoms with Gasteiger partial charge in [0.2, 0.25) is 0 Å². The van der Waals surface area contributed by atoms with Crippen molar-refractivity contribution in [2.24, 2.45) is 0 Å². The average Bonchev–Trinajstić information content (AvgIpc) is 2.73. The zero-order valence-electron chi connectivity index (χ0n) is 15.8. The molecule has 2 rings (SSSR count). The summed E-state index contributed by atoms with van der Waals surface area (Å²) in [5.74, 6) is -8.25. The molecule has 0 amide bonds. The van der Waals surface area contributed by atoms with E-state index >= 15 is 0 Å². The predicted molar refractivity (Wildman–Crippen MR) is 97.1 cm³/mol. The van der Waals surface area contributed by atoms with Gasteiger partial charge in [-0.3, -0.25) is 0 Å². The number of alkyl halides is 3. The van der Waals surface area contributed by atoms with Gasteiger partial charge in [-0.1, -0.05) is 24.3 Å². The lowest BCUT2D eigenvalue weighted by molar-refractivity contribution is -0.113. The van der Waals surface area contributed by atoms with Crippen LogP contribution in [0, 0.1) is 0 Å². The molecule has 0 unspecified atom stereocenters. The Balaban J connectivity index is 0.000000472. The third-order valence-electron chi connectivity index (χ3n) is 3.19. The van der Waals surface area contributed by atoms with Crippen LogP contribution >= 0.6 is 0 Å². The first-order valence-electron chi connectivity index (χ1n) is 8.00. The second-order valence-electron chi connectivity index (χ2n) is 5.38. The number of benzene rings is 2. The van der Waals surface area contributed by atoms with Crippen LogP contribution in [0.1, 0.15) is 41.4 Å². The Morgan fingerprint density at radius 3 is 0.848 bits per heavy atom. The van der Waals surface area contributed by atoms with Crippen LogP contribution in [0.3, 0.4) is 0 Å². The van der Waals surface area contributed by atoms with Gasteiger partial charge < -0.3 is 20.4 Å². The molecule has 33 heavy (non-hydrogen) atoms. The second-order valence-corrected chi connectivity index (χ2v) is 5.38. The number of carboxylic acid groups (broad SMARTS) is 4. The van der Waals surface area contributed by atoms with Crippen LogP contribution in [-0.4, -0.2) is 50.5 Å². The molecule has 2 aromatic rings. The van der Waals surface area contributed by atoms with E-state index in [9.17, 15) is 45.5 Å². The summed E-state index contributed by atoms with van der Waals surface area (Å²) in [4.78, 5) is 41.9. The number of hydrogen-bond donors (Lipinski definition) is 4. The number of rotatable bonds is 4. The number of carboxylic acids is 4. The van der Waals surface area contributed by atoms with Gasteiger partial charge in [-0.15, -0.1) is 0 Å². The maximum Gasteiger partial charge on any atom is 0.448 e. The van der Waals surface area contributed by atoms with Crippen molar-refractivity contribution in [2.45, 2.75) is 6.18 Å². The van der Waals surface area contributed by atoms with E-state index in [1.165, 1.54) is 48.5 Å². The van der Waals surface area contributed by atoms with E-state index < -0.39 is 42.0 Å². The Morgan fingerprint density at radius 1 is 0.545 bits per heavy atom. The van der Waals surface area contributed by atoms with Crippen molar-refractivity contribution >= 4 is 23.9 Å². The summed E-state index contributed by atoms with van der Waals surface area (Å²) in [6.45, 7) is 0. The molecule has 0 radical (unpaired) electrons. The predicted octanol–water partition coefficient (Wildman–Crippen LogP) is 4.79. The molecule has 0 atom stereocenters. The smallest absolute Gasteiger partial charge is 0.448 e. The highest BCUT2D eigenvalue weighted by atomic mass is 19.4. The Bertz CT molecular complexity index is 925. The molecule has 0 aromatic heterocycles. The van der Waals surface area contributed by atoms with Gasteiger partial charge in [0.1, 0.15) is 0 Å². The highest BCUT2D eigenvalue weighted by Gasteiger charge is 2.38. The lowest BCUT2D eigenvalue weighted by Gasteiger charge is -1.98. The molecule has 178 valence electrons. The maximum absolute atomic E-state index is 11.0. The van der Waals surface area contributed by atoms with Crippen LogP contribution in [0.4, 0.5) is 26.3 Å². The lowest BCUT2D eigenvalue weighted by Crippen LogP contribution is -2.08. The normalized spacial score (nSPS) is 9.88. The van der Waals surface area contributed by atoms with Crippen LogP contribution in [0.15, 0.2) is 60.4 Å². The first-order valence-corrected chi connectivity index (χ1v) is 8.00. The minimum absolute atomic E-state index is 0.190. The molecule has 4 N–H and O–H groups in total. The Hall–Kier alpha value is -4.36. The van der Waals surface area contributed by atoms with Crippen molar-refractivity contribution in [3.63, 3.8) is 0 Å². The number of carbonyl (C=O) groups is 4. The molecular formula is C19H12F6O8. The summed E-state index contributed by atoms with van der Waals surface area (Å²) in [7, 11) is 0. The molecule has 14 heteroatoms. The van der Waals surface area contributed by atoms with Crippen LogP contribution in [0.5, 0.6) is 0 Å². The maximum atomic E-state index is 11.0. The van der Waals surface area contributed by atoms with Gasteiger partial charge >= 0.3 is 36.1 Å². The highest BCUT2D eigenvalue weighted by Crippen LogP contribution is 2.29. The number of aromatic carboxylic acids is 4. The molecule has 0 bridgehead atoms. The molecule has 0 saturated heterocycles. The van der Waals surface area contributed by atoms with Crippen molar-refractivity contribution in [3.8, 4) is 0 Å². The molecule has 0 aliphatic rings. The van der Waals surface area contributed by atoms with Crippen LogP contribution < -0.4 is 0 Å². The quantitative estimate of drug-likeness (QED) is 0.455. The average molecular weight is 482 g/mol. The Morgan fingerprint density at radius 2 is 0.758 bits per heavy atom. The van der Waals surface area contributed by atoms with E-state index in [0.29, 0.717) is 0 Å². The van der Waals surface area contributed by atoms with E-state index in [2.05, 4.69) is 0 Å². The molecule has 2 aromatic carbocycles. The SMILES string of the molecule is FC(F)=C(F)C(F)(F)F.O=C(O)c1ccccc1C(=O)O.O=C(O)c1ccccc1C(=O)O. The molecule has 0 spiro atoms. The summed E-state index contributed by atoms with van der Waals surface area (Å²) < 4.78 is 64.8. The van der Waals surface area contributed by atoms with Crippen LogP contribution in [-0.2, 0) is 0 Å². The minimum atomic E-state index is -5.56.